The molecule has 35 heavy (non-hydrogen) atoms. The fraction of sp³-hybridized carbons (Fsp3) is 0.435. The molecule has 0 aromatic heterocycles. The minimum absolute atomic E-state index is 0.00624. The number of amides is 1. The van der Waals surface area contributed by atoms with Gasteiger partial charge in [0.15, 0.2) is 6.29 Å². The molecule has 6 atom stereocenters. The molecule has 0 saturated carbocycles. The van der Waals surface area contributed by atoms with Crippen molar-refractivity contribution in [1.29, 1.82) is 0 Å². The van der Waals surface area contributed by atoms with Crippen molar-refractivity contribution in [3.63, 3.8) is 0 Å². The molecule has 0 spiro atoms. The van der Waals surface area contributed by atoms with Crippen LogP contribution in [0.5, 0.6) is 0 Å². The summed E-state index contributed by atoms with van der Waals surface area (Å²) in [5.41, 5.74) is 0.745. The lowest BCUT2D eigenvalue weighted by Crippen LogP contribution is -2.44. The van der Waals surface area contributed by atoms with Crippen molar-refractivity contribution in [3.8, 4) is 0 Å². The minimum Gasteiger partial charge on any atom is -0.443 e. The second kappa shape index (κ2) is 9.53. The topological polar surface area (TPSA) is 137 Å². The molecule has 2 aromatic carbocycles. The van der Waals surface area contributed by atoms with Gasteiger partial charge >= 0.3 is 6.09 Å². The predicted octanol–water partition coefficient (Wildman–Crippen LogP) is 2.07. The van der Waals surface area contributed by atoms with Gasteiger partial charge in [0.2, 0.25) is 10.0 Å². The molecular weight excluding hydrogens is 478 g/mol. The molecule has 3 heterocycles. The number of ether oxygens (including phenoxy) is 3. The van der Waals surface area contributed by atoms with Crippen LogP contribution in [-0.2, 0) is 30.7 Å². The molecule has 3 aliphatic heterocycles. The van der Waals surface area contributed by atoms with Crippen LogP contribution in [0.2, 0.25) is 0 Å². The monoisotopic (exact) mass is 503 g/mol. The van der Waals surface area contributed by atoms with E-state index in [2.05, 4.69) is 5.32 Å². The molecule has 3 saturated heterocycles. The fourth-order valence-corrected chi connectivity index (χ4v) is 6.24. The van der Waals surface area contributed by atoms with E-state index in [0.717, 1.165) is 24.1 Å². The standard InChI is InChI=1S/C23H25N3O8S/c27-23(34-21-14-33-22-18(21)10-11-32-22)24-19(12-15-4-2-1-3-5-15)20-13-25(20)35(30,31)17-8-6-16(7-9-17)26(28)29/h1-9,18-22H,10-14H2,(H,24,27)/t18-,19-,20+,21-,22+,25?/m0/s1. The van der Waals surface area contributed by atoms with Crippen molar-refractivity contribution >= 4 is 21.8 Å². The van der Waals surface area contributed by atoms with E-state index in [0.29, 0.717) is 13.0 Å². The molecule has 3 aliphatic rings. The Bertz CT molecular complexity index is 1190. The lowest BCUT2D eigenvalue weighted by atomic mass is 10.0. The smallest absolute Gasteiger partial charge is 0.407 e. The highest BCUT2D eigenvalue weighted by Crippen LogP contribution is 2.34. The maximum atomic E-state index is 13.1. The number of fused-ring (bicyclic) bond motifs is 1. The van der Waals surface area contributed by atoms with Gasteiger partial charge in [-0.2, -0.15) is 4.31 Å². The van der Waals surface area contributed by atoms with E-state index in [1.54, 1.807) is 0 Å². The van der Waals surface area contributed by atoms with E-state index in [1.807, 2.05) is 30.3 Å². The second-order valence-corrected chi connectivity index (χ2v) is 10.7. The Morgan fingerprint density at radius 3 is 2.63 bits per heavy atom. The molecule has 12 heteroatoms. The van der Waals surface area contributed by atoms with Gasteiger partial charge in [-0.25, -0.2) is 13.2 Å². The first-order valence-corrected chi connectivity index (χ1v) is 12.8. The number of nitro benzene ring substituents is 1. The molecule has 0 aliphatic carbocycles. The predicted molar refractivity (Wildman–Crippen MR) is 122 cm³/mol. The number of nitro groups is 1. The van der Waals surface area contributed by atoms with Crippen LogP contribution in [0.3, 0.4) is 0 Å². The van der Waals surface area contributed by atoms with Crippen LogP contribution in [-0.4, -0.2) is 68.0 Å². The summed E-state index contributed by atoms with van der Waals surface area (Å²) < 4.78 is 44.1. The van der Waals surface area contributed by atoms with E-state index in [4.69, 9.17) is 14.2 Å². The SMILES string of the molecule is O=C(N[C@@H](Cc1ccccc1)[C@H]1CN1S(=O)(=O)c1ccc([N+](=O)[O-])cc1)O[C@H]1CO[C@H]2OCC[C@H]21. The van der Waals surface area contributed by atoms with Crippen molar-refractivity contribution in [1.82, 2.24) is 9.62 Å². The number of nitrogens with zero attached hydrogens (tertiary/aromatic N) is 2. The third-order valence-corrected chi connectivity index (χ3v) is 8.47. The van der Waals surface area contributed by atoms with Crippen LogP contribution in [0, 0.1) is 16.0 Å². The minimum atomic E-state index is -3.88. The number of hydrogen-bond donors (Lipinski definition) is 1. The highest BCUT2D eigenvalue weighted by Gasteiger charge is 2.50. The van der Waals surface area contributed by atoms with Crippen LogP contribution in [0.15, 0.2) is 59.5 Å². The lowest BCUT2D eigenvalue weighted by Gasteiger charge is -2.22. The number of benzene rings is 2. The van der Waals surface area contributed by atoms with Gasteiger partial charge in [0.25, 0.3) is 5.69 Å². The maximum absolute atomic E-state index is 13.1. The summed E-state index contributed by atoms with van der Waals surface area (Å²) in [4.78, 5) is 23.1. The molecular formula is C23H25N3O8S. The molecule has 186 valence electrons. The first-order valence-electron chi connectivity index (χ1n) is 11.3. The Labute approximate surface area is 202 Å². The summed E-state index contributed by atoms with van der Waals surface area (Å²) in [6, 6.07) is 13.2. The van der Waals surface area contributed by atoms with Crippen LogP contribution in [0.1, 0.15) is 12.0 Å². The maximum Gasteiger partial charge on any atom is 0.407 e. The summed E-state index contributed by atoms with van der Waals surface area (Å²) >= 11 is 0. The zero-order valence-electron chi connectivity index (χ0n) is 18.7. The largest absolute Gasteiger partial charge is 0.443 e. The number of nitrogens with one attached hydrogen (secondary N) is 1. The van der Waals surface area contributed by atoms with Gasteiger partial charge in [0.1, 0.15) is 6.10 Å². The van der Waals surface area contributed by atoms with Crippen LogP contribution in [0.4, 0.5) is 10.5 Å². The quantitative estimate of drug-likeness (QED) is 0.328. The Hall–Kier alpha value is -3.06. The first kappa shape index (κ1) is 23.7. The van der Waals surface area contributed by atoms with E-state index >= 15 is 0 Å². The number of carbonyl (C=O) groups is 1. The van der Waals surface area contributed by atoms with Gasteiger partial charge in [-0.1, -0.05) is 30.3 Å². The Morgan fingerprint density at radius 1 is 1.17 bits per heavy atom. The number of rotatable bonds is 8. The lowest BCUT2D eigenvalue weighted by molar-refractivity contribution is -0.384. The van der Waals surface area contributed by atoms with Gasteiger partial charge < -0.3 is 19.5 Å². The highest BCUT2D eigenvalue weighted by atomic mass is 32.2. The summed E-state index contributed by atoms with van der Waals surface area (Å²) in [5.74, 6) is -0.00624. The Balaban J connectivity index is 1.29. The summed E-state index contributed by atoms with van der Waals surface area (Å²) in [5, 5.41) is 13.7. The fourth-order valence-electron chi connectivity index (χ4n) is 4.64. The van der Waals surface area contributed by atoms with Gasteiger partial charge in [-0.15, -0.1) is 0 Å². The van der Waals surface area contributed by atoms with Crippen molar-refractivity contribution in [2.75, 3.05) is 19.8 Å². The van der Waals surface area contributed by atoms with E-state index in [1.165, 1.54) is 16.4 Å². The van der Waals surface area contributed by atoms with Crippen LogP contribution < -0.4 is 5.32 Å². The van der Waals surface area contributed by atoms with Gasteiger partial charge in [-0.3, -0.25) is 10.1 Å². The Morgan fingerprint density at radius 2 is 1.91 bits per heavy atom. The number of hydrogen-bond acceptors (Lipinski definition) is 8. The highest BCUT2D eigenvalue weighted by molar-refractivity contribution is 7.89. The van der Waals surface area contributed by atoms with Crippen molar-refractivity contribution in [2.24, 2.45) is 5.92 Å². The van der Waals surface area contributed by atoms with Crippen molar-refractivity contribution in [2.45, 2.75) is 42.2 Å². The molecule has 11 nitrogen and oxygen atoms in total. The van der Waals surface area contributed by atoms with Crippen LogP contribution >= 0.6 is 0 Å². The van der Waals surface area contributed by atoms with E-state index < -0.39 is 39.2 Å². The van der Waals surface area contributed by atoms with Gasteiger partial charge in [0.05, 0.1) is 41.0 Å². The average molecular weight is 504 g/mol. The first-order chi connectivity index (χ1) is 16.8. The average Bonchev–Trinajstić information content (AvgIpc) is 3.39. The third kappa shape index (κ3) is 5.01. The molecule has 0 bridgehead atoms. The zero-order chi connectivity index (χ0) is 24.6. The third-order valence-electron chi connectivity index (χ3n) is 6.57. The number of alkyl carbamates (subject to hydrolysis) is 1. The van der Waals surface area contributed by atoms with Crippen LogP contribution in [0.25, 0.3) is 0 Å². The summed E-state index contributed by atoms with van der Waals surface area (Å²) in [7, 11) is -3.88. The molecule has 5 rings (SSSR count). The summed E-state index contributed by atoms with van der Waals surface area (Å²) in [6.07, 6.45) is -0.243. The van der Waals surface area contributed by atoms with Gasteiger partial charge in [0, 0.05) is 18.7 Å². The van der Waals surface area contributed by atoms with Gasteiger partial charge in [-0.05, 0) is 30.5 Å². The molecule has 1 unspecified atom stereocenters. The van der Waals surface area contributed by atoms with E-state index in [9.17, 15) is 23.3 Å². The zero-order valence-corrected chi connectivity index (χ0v) is 19.5. The molecule has 1 amide bonds. The summed E-state index contributed by atoms with van der Waals surface area (Å²) in [6.45, 7) is 1.03. The number of carbonyl (C=O) groups excluding carboxylic acids is 1. The molecule has 3 fully saturated rings. The normalized spacial score (nSPS) is 28.2. The Kier molecular flexibility index (Phi) is 6.45. The molecule has 0 radical (unpaired) electrons. The van der Waals surface area contributed by atoms with E-state index in [-0.39, 0.29) is 35.9 Å². The van der Waals surface area contributed by atoms with Crippen molar-refractivity contribution < 1.29 is 32.3 Å². The molecule has 2 aromatic rings. The molecule has 1 N–H and O–H groups in total. The second-order valence-electron chi connectivity index (χ2n) is 8.80. The van der Waals surface area contributed by atoms with Crippen molar-refractivity contribution in [3.05, 3.63) is 70.3 Å². The number of non-ortho nitro benzene ring substituents is 1. The number of sulfonamides is 1.